The SMILES string of the molecule is COc1ccc(CNC(=O)C2CCCNCC2)cc1OC.Cl. The van der Waals surface area contributed by atoms with Crippen LogP contribution in [0, 0.1) is 5.92 Å². The lowest BCUT2D eigenvalue weighted by atomic mass is 10.00. The van der Waals surface area contributed by atoms with Gasteiger partial charge >= 0.3 is 0 Å². The van der Waals surface area contributed by atoms with Crippen LogP contribution < -0.4 is 20.1 Å². The number of carbonyl (C=O) groups excluding carboxylic acids is 1. The van der Waals surface area contributed by atoms with Gasteiger partial charge in [0.2, 0.25) is 5.91 Å². The normalized spacial score (nSPS) is 17.8. The van der Waals surface area contributed by atoms with Crippen molar-refractivity contribution < 1.29 is 14.3 Å². The lowest BCUT2D eigenvalue weighted by Crippen LogP contribution is -2.30. The highest BCUT2D eigenvalue weighted by Gasteiger charge is 2.19. The van der Waals surface area contributed by atoms with Crippen molar-refractivity contribution in [3.63, 3.8) is 0 Å². The summed E-state index contributed by atoms with van der Waals surface area (Å²) in [5.41, 5.74) is 1.01. The standard InChI is InChI=1S/C16H24N2O3.ClH/c1-20-14-6-5-12(10-15(14)21-2)11-18-16(19)13-4-3-8-17-9-7-13;/h5-6,10,13,17H,3-4,7-9,11H2,1-2H3,(H,18,19);1H. The second kappa shape index (κ2) is 9.54. The van der Waals surface area contributed by atoms with Crippen LogP contribution in [0.2, 0.25) is 0 Å². The van der Waals surface area contributed by atoms with Gasteiger partial charge in [-0.15, -0.1) is 12.4 Å². The van der Waals surface area contributed by atoms with Gasteiger partial charge in [0, 0.05) is 12.5 Å². The van der Waals surface area contributed by atoms with Crippen molar-refractivity contribution in [2.75, 3.05) is 27.3 Å². The molecule has 1 unspecified atom stereocenters. The van der Waals surface area contributed by atoms with Crippen molar-refractivity contribution in [2.24, 2.45) is 5.92 Å². The van der Waals surface area contributed by atoms with E-state index in [9.17, 15) is 4.79 Å². The number of nitrogens with one attached hydrogen (secondary N) is 2. The molecule has 0 radical (unpaired) electrons. The molecule has 5 nitrogen and oxygen atoms in total. The van der Waals surface area contributed by atoms with Crippen LogP contribution in [0.4, 0.5) is 0 Å². The molecule has 1 aliphatic heterocycles. The highest BCUT2D eigenvalue weighted by molar-refractivity contribution is 5.85. The molecule has 1 aromatic carbocycles. The van der Waals surface area contributed by atoms with Gasteiger partial charge in [-0.1, -0.05) is 6.07 Å². The number of carbonyl (C=O) groups is 1. The first-order chi connectivity index (χ1) is 10.2. The number of hydrogen-bond donors (Lipinski definition) is 2. The average Bonchev–Trinajstić information content (AvgIpc) is 2.81. The highest BCUT2D eigenvalue weighted by Crippen LogP contribution is 2.27. The molecular weight excluding hydrogens is 304 g/mol. The van der Waals surface area contributed by atoms with E-state index in [1.165, 1.54) is 0 Å². The third-order valence-electron chi connectivity index (χ3n) is 3.86. The molecule has 1 aliphatic rings. The topological polar surface area (TPSA) is 59.6 Å². The monoisotopic (exact) mass is 328 g/mol. The van der Waals surface area contributed by atoms with Gasteiger partial charge in [0.1, 0.15) is 0 Å². The third-order valence-corrected chi connectivity index (χ3v) is 3.86. The molecule has 6 heteroatoms. The molecule has 0 bridgehead atoms. The van der Waals surface area contributed by atoms with Gasteiger partial charge in [-0.25, -0.2) is 0 Å². The molecule has 2 rings (SSSR count). The number of amides is 1. The predicted molar refractivity (Wildman–Crippen MR) is 88.9 cm³/mol. The fourth-order valence-electron chi connectivity index (χ4n) is 2.61. The first kappa shape index (κ1) is 18.6. The molecule has 1 atom stereocenters. The number of ether oxygens (including phenoxy) is 2. The van der Waals surface area contributed by atoms with E-state index < -0.39 is 0 Å². The lowest BCUT2D eigenvalue weighted by molar-refractivity contribution is -0.125. The second-order valence-corrected chi connectivity index (χ2v) is 5.28. The van der Waals surface area contributed by atoms with E-state index in [0.717, 1.165) is 37.9 Å². The summed E-state index contributed by atoms with van der Waals surface area (Å²) in [4.78, 5) is 12.2. The summed E-state index contributed by atoms with van der Waals surface area (Å²) in [5.74, 6) is 1.65. The smallest absolute Gasteiger partial charge is 0.223 e. The minimum Gasteiger partial charge on any atom is -0.493 e. The Morgan fingerprint density at radius 2 is 2.00 bits per heavy atom. The van der Waals surface area contributed by atoms with E-state index in [0.29, 0.717) is 18.0 Å². The number of rotatable bonds is 5. The van der Waals surface area contributed by atoms with Gasteiger partial charge in [0.25, 0.3) is 0 Å². The summed E-state index contributed by atoms with van der Waals surface area (Å²) in [6, 6.07) is 5.69. The number of methoxy groups -OCH3 is 2. The second-order valence-electron chi connectivity index (χ2n) is 5.28. The third kappa shape index (κ3) is 5.07. The van der Waals surface area contributed by atoms with Gasteiger partial charge in [0.05, 0.1) is 14.2 Å². The molecule has 0 aliphatic carbocycles. The molecule has 1 fully saturated rings. The molecule has 0 saturated carbocycles. The van der Waals surface area contributed by atoms with Crippen LogP contribution in [0.25, 0.3) is 0 Å². The number of hydrogen-bond acceptors (Lipinski definition) is 4. The summed E-state index contributed by atoms with van der Waals surface area (Å²) < 4.78 is 10.5. The molecule has 1 saturated heterocycles. The van der Waals surface area contributed by atoms with Crippen molar-refractivity contribution in [2.45, 2.75) is 25.8 Å². The van der Waals surface area contributed by atoms with Crippen LogP contribution in [0.15, 0.2) is 18.2 Å². The van der Waals surface area contributed by atoms with Crippen molar-refractivity contribution in [1.29, 1.82) is 0 Å². The van der Waals surface area contributed by atoms with Crippen molar-refractivity contribution >= 4 is 18.3 Å². The number of halogens is 1. The Hall–Kier alpha value is -1.46. The summed E-state index contributed by atoms with van der Waals surface area (Å²) in [7, 11) is 3.22. The van der Waals surface area contributed by atoms with E-state index in [4.69, 9.17) is 9.47 Å². The first-order valence-electron chi connectivity index (χ1n) is 7.44. The zero-order chi connectivity index (χ0) is 15.1. The summed E-state index contributed by atoms with van der Waals surface area (Å²) in [6.07, 6.45) is 2.94. The maximum atomic E-state index is 12.2. The van der Waals surface area contributed by atoms with E-state index in [2.05, 4.69) is 10.6 Å². The van der Waals surface area contributed by atoms with E-state index in [1.807, 2.05) is 18.2 Å². The lowest BCUT2D eigenvalue weighted by Gasteiger charge is -2.14. The van der Waals surface area contributed by atoms with Gasteiger partial charge in [-0.05, 0) is 50.0 Å². The first-order valence-corrected chi connectivity index (χ1v) is 7.44. The molecule has 0 aromatic heterocycles. The molecule has 22 heavy (non-hydrogen) atoms. The van der Waals surface area contributed by atoms with Crippen LogP contribution in [-0.4, -0.2) is 33.2 Å². The van der Waals surface area contributed by atoms with Crippen LogP contribution in [0.1, 0.15) is 24.8 Å². The maximum absolute atomic E-state index is 12.2. The summed E-state index contributed by atoms with van der Waals surface area (Å²) in [6.45, 7) is 2.46. The van der Waals surface area contributed by atoms with Crippen molar-refractivity contribution in [1.82, 2.24) is 10.6 Å². The average molecular weight is 329 g/mol. The Balaban J connectivity index is 0.00000242. The van der Waals surface area contributed by atoms with Gasteiger partial charge in [-0.2, -0.15) is 0 Å². The molecule has 1 aromatic rings. The quantitative estimate of drug-likeness (QED) is 0.869. The van der Waals surface area contributed by atoms with E-state index in [-0.39, 0.29) is 24.2 Å². The van der Waals surface area contributed by atoms with Crippen molar-refractivity contribution in [3.05, 3.63) is 23.8 Å². The molecule has 2 N–H and O–H groups in total. The van der Waals surface area contributed by atoms with Gasteiger partial charge in [0.15, 0.2) is 11.5 Å². The van der Waals surface area contributed by atoms with Gasteiger partial charge < -0.3 is 20.1 Å². The molecule has 124 valence electrons. The molecule has 0 spiro atoms. The summed E-state index contributed by atoms with van der Waals surface area (Å²) >= 11 is 0. The fourth-order valence-corrected chi connectivity index (χ4v) is 2.61. The fraction of sp³-hybridized carbons (Fsp3) is 0.562. The van der Waals surface area contributed by atoms with E-state index in [1.54, 1.807) is 14.2 Å². The highest BCUT2D eigenvalue weighted by atomic mass is 35.5. The van der Waals surface area contributed by atoms with Crippen LogP contribution in [-0.2, 0) is 11.3 Å². The molecule has 1 amide bonds. The molecule has 1 heterocycles. The maximum Gasteiger partial charge on any atom is 0.223 e. The Bertz CT molecular complexity index is 474. The Morgan fingerprint density at radius 1 is 1.23 bits per heavy atom. The van der Waals surface area contributed by atoms with Crippen LogP contribution >= 0.6 is 12.4 Å². The number of benzene rings is 1. The largest absolute Gasteiger partial charge is 0.493 e. The van der Waals surface area contributed by atoms with Gasteiger partial charge in [-0.3, -0.25) is 4.79 Å². The Labute approximate surface area is 138 Å². The predicted octanol–water partition coefficient (Wildman–Crippen LogP) is 2.13. The van der Waals surface area contributed by atoms with Crippen LogP contribution in [0.5, 0.6) is 11.5 Å². The Morgan fingerprint density at radius 3 is 2.73 bits per heavy atom. The minimum atomic E-state index is 0. The van der Waals surface area contributed by atoms with E-state index >= 15 is 0 Å². The van der Waals surface area contributed by atoms with Crippen molar-refractivity contribution in [3.8, 4) is 11.5 Å². The molecular formula is C16H25ClN2O3. The van der Waals surface area contributed by atoms with Crippen LogP contribution in [0.3, 0.4) is 0 Å². The minimum absolute atomic E-state index is 0. The zero-order valence-corrected chi connectivity index (χ0v) is 14.0. The zero-order valence-electron chi connectivity index (χ0n) is 13.2. The Kier molecular flexibility index (Phi) is 8.06. The summed E-state index contributed by atoms with van der Waals surface area (Å²) in [5, 5.41) is 6.35.